The first-order valence-corrected chi connectivity index (χ1v) is 6.55. The van der Waals surface area contributed by atoms with Gasteiger partial charge in [0, 0.05) is 0 Å². The van der Waals surface area contributed by atoms with E-state index in [0.29, 0.717) is 25.1 Å². The number of nitrogens with one attached hydrogen (secondary N) is 1. The molecule has 1 unspecified atom stereocenters. The van der Waals surface area contributed by atoms with Crippen LogP contribution in [0, 0.1) is 0 Å². The number of hydrogen-bond donors (Lipinski definition) is 3. The van der Waals surface area contributed by atoms with E-state index in [1.54, 1.807) is 12.1 Å². The van der Waals surface area contributed by atoms with Crippen LogP contribution in [-0.4, -0.2) is 35.7 Å². The zero-order chi connectivity index (χ0) is 13.6. The van der Waals surface area contributed by atoms with E-state index in [1.165, 1.54) is 12.0 Å². The fourth-order valence-electron chi connectivity index (χ4n) is 3.23. The number of aliphatic hydroxyl groups is 1. The van der Waals surface area contributed by atoms with Crippen molar-refractivity contribution in [2.24, 2.45) is 0 Å². The second-order valence-corrected chi connectivity index (χ2v) is 5.31. The molecule has 5 heteroatoms. The topological polar surface area (TPSA) is 71.2 Å². The van der Waals surface area contributed by atoms with E-state index < -0.39 is 6.10 Å². The van der Waals surface area contributed by atoms with Gasteiger partial charge in [-0.2, -0.15) is 0 Å². The number of methoxy groups -OCH3 is 1. The highest BCUT2D eigenvalue weighted by Crippen LogP contribution is 2.37. The summed E-state index contributed by atoms with van der Waals surface area (Å²) in [5.74, 6) is 0.757. The maximum absolute atomic E-state index is 11.5. The Kier molecular flexibility index (Phi) is 2.95. The number of hydrogen-bond acceptors (Lipinski definition) is 4. The molecule has 1 saturated heterocycles. The van der Waals surface area contributed by atoms with Crippen LogP contribution in [-0.2, 0) is 11.3 Å². The third-order valence-corrected chi connectivity index (χ3v) is 4.30. The number of ketones is 1. The van der Waals surface area contributed by atoms with Gasteiger partial charge in [0.2, 0.25) is 0 Å². The van der Waals surface area contributed by atoms with E-state index in [9.17, 15) is 15.0 Å². The third kappa shape index (κ3) is 1.89. The van der Waals surface area contributed by atoms with Crippen LogP contribution in [0.15, 0.2) is 12.1 Å². The Labute approximate surface area is 111 Å². The number of ether oxygens (including phenoxy) is 1. The van der Waals surface area contributed by atoms with Crippen molar-refractivity contribution in [2.75, 3.05) is 13.7 Å². The monoisotopic (exact) mass is 264 g/mol. The number of quaternary nitrogens is 1. The highest BCUT2D eigenvalue weighted by molar-refractivity contribution is 5.79. The number of carbonyl (C=O) groups is 1. The van der Waals surface area contributed by atoms with Gasteiger partial charge in [-0.1, -0.05) is 6.07 Å². The predicted molar refractivity (Wildman–Crippen MR) is 67.2 cm³/mol. The molecule has 0 amide bonds. The molecule has 2 heterocycles. The number of benzene rings is 1. The van der Waals surface area contributed by atoms with Gasteiger partial charge in [0.05, 0.1) is 32.1 Å². The largest absolute Gasteiger partial charge is 0.504 e. The van der Waals surface area contributed by atoms with Crippen LogP contribution in [0.4, 0.5) is 0 Å². The van der Waals surface area contributed by atoms with Crippen molar-refractivity contribution < 1.29 is 24.6 Å². The van der Waals surface area contributed by atoms with Crippen molar-refractivity contribution in [3.63, 3.8) is 0 Å². The number of carbonyl (C=O) groups excluding carboxylic acids is 1. The van der Waals surface area contributed by atoms with Crippen molar-refractivity contribution in [3.05, 3.63) is 23.3 Å². The van der Waals surface area contributed by atoms with E-state index in [2.05, 4.69) is 0 Å². The van der Waals surface area contributed by atoms with Crippen LogP contribution >= 0.6 is 0 Å². The second kappa shape index (κ2) is 4.51. The molecule has 1 fully saturated rings. The number of Topliss-reactive ketones (excluding diaryl/α,β-unsaturated/α-hetero) is 1. The van der Waals surface area contributed by atoms with Crippen LogP contribution < -0.4 is 9.64 Å². The van der Waals surface area contributed by atoms with Crippen molar-refractivity contribution in [3.8, 4) is 11.5 Å². The van der Waals surface area contributed by atoms with Gasteiger partial charge >= 0.3 is 0 Å². The summed E-state index contributed by atoms with van der Waals surface area (Å²) in [6.45, 7) is 1.35. The third-order valence-electron chi connectivity index (χ3n) is 4.30. The lowest BCUT2D eigenvalue weighted by molar-refractivity contribution is -0.947. The van der Waals surface area contributed by atoms with Gasteiger partial charge < -0.3 is 19.8 Å². The summed E-state index contributed by atoms with van der Waals surface area (Å²) in [4.78, 5) is 12.7. The smallest absolute Gasteiger partial charge is 0.167 e. The summed E-state index contributed by atoms with van der Waals surface area (Å²) in [7, 11) is 1.51. The lowest BCUT2D eigenvalue weighted by Gasteiger charge is -2.39. The molecule has 0 bridgehead atoms. The minimum absolute atomic E-state index is 0.0819. The van der Waals surface area contributed by atoms with E-state index >= 15 is 0 Å². The van der Waals surface area contributed by atoms with Crippen molar-refractivity contribution in [2.45, 2.75) is 31.5 Å². The molecule has 0 aromatic heterocycles. The average Bonchev–Trinajstić information content (AvgIpc) is 2.41. The van der Waals surface area contributed by atoms with Crippen LogP contribution in [0.3, 0.4) is 0 Å². The molecule has 2 aliphatic rings. The summed E-state index contributed by atoms with van der Waals surface area (Å²) in [6, 6.07) is 3.36. The van der Waals surface area contributed by atoms with Crippen molar-refractivity contribution >= 4 is 5.78 Å². The molecule has 19 heavy (non-hydrogen) atoms. The highest BCUT2D eigenvalue weighted by atomic mass is 16.5. The SMILES string of the molecule is COc1ccc2c(c1O)C[NH+]1CCC(=O)C[C@H]1[C@@H]2O. The quantitative estimate of drug-likeness (QED) is 0.643. The highest BCUT2D eigenvalue weighted by Gasteiger charge is 2.42. The zero-order valence-corrected chi connectivity index (χ0v) is 10.8. The summed E-state index contributed by atoms with van der Waals surface area (Å²) >= 11 is 0. The molecule has 3 atom stereocenters. The molecular weight excluding hydrogens is 246 g/mol. The van der Waals surface area contributed by atoms with Crippen LogP contribution in [0.25, 0.3) is 0 Å². The number of phenolic OH excluding ortho intramolecular Hbond substituents is 1. The lowest BCUT2D eigenvalue weighted by atomic mass is 9.85. The molecule has 3 N–H and O–H groups in total. The standard InChI is InChI=1S/C14H17NO4/c1-19-12-3-2-9-10(14(12)18)7-15-5-4-8(16)6-11(15)13(9)17/h2-3,11,13,17-18H,4-7H2,1H3/p+1/t11-,13+/m0/s1. The van der Waals surface area contributed by atoms with Gasteiger partial charge in [-0.25, -0.2) is 0 Å². The van der Waals surface area contributed by atoms with Gasteiger partial charge in [-0.3, -0.25) is 4.79 Å². The molecule has 1 aromatic rings. The number of phenols is 1. The molecule has 0 saturated carbocycles. The number of aromatic hydroxyl groups is 1. The number of aliphatic hydroxyl groups excluding tert-OH is 1. The summed E-state index contributed by atoms with van der Waals surface area (Å²) in [6.07, 6.45) is 0.279. The molecule has 3 rings (SSSR count). The Bertz CT molecular complexity index is 528. The Morgan fingerprint density at radius 1 is 1.42 bits per heavy atom. The summed E-state index contributed by atoms with van der Waals surface area (Å²) in [5.41, 5.74) is 1.47. The molecule has 102 valence electrons. The van der Waals surface area contributed by atoms with Crippen LogP contribution in [0.5, 0.6) is 11.5 Å². The number of rotatable bonds is 1. The van der Waals surface area contributed by atoms with Gasteiger partial charge in [-0.05, 0) is 11.6 Å². The Hall–Kier alpha value is -1.59. The van der Waals surface area contributed by atoms with E-state index in [1.807, 2.05) is 0 Å². The maximum Gasteiger partial charge on any atom is 0.167 e. The normalized spacial score (nSPS) is 29.6. The minimum Gasteiger partial charge on any atom is -0.504 e. The summed E-state index contributed by atoms with van der Waals surface area (Å²) < 4.78 is 5.10. The Morgan fingerprint density at radius 3 is 2.95 bits per heavy atom. The second-order valence-electron chi connectivity index (χ2n) is 5.31. The molecule has 1 aromatic carbocycles. The van der Waals surface area contributed by atoms with Gasteiger partial charge in [0.1, 0.15) is 24.5 Å². The van der Waals surface area contributed by atoms with E-state index in [0.717, 1.165) is 17.7 Å². The van der Waals surface area contributed by atoms with Gasteiger partial charge in [0.15, 0.2) is 11.5 Å². The molecule has 0 spiro atoms. The van der Waals surface area contributed by atoms with Crippen LogP contribution in [0.1, 0.15) is 30.1 Å². The van der Waals surface area contributed by atoms with Gasteiger partial charge in [0.25, 0.3) is 0 Å². The first-order chi connectivity index (χ1) is 9.11. The van der Waals surface area contributed by atoms with Crippen LogP contribution in [0.2, 0.25) is 0 Å². The Balaban J connectivity index is 2.03. The maximum atomic E-state index is 11.5. The van der Waals surface area contributed by atoms with Crippen molar-refractivity contribution in [1.29, 1.82) is 0 Å². The van der Waals surface area contributed by atoms with E-state index in [-0.39, 0.29) is 17.6 Å². The first-order valence-electron chi connectivity index (χ1n) is 6.55. The summed E-state index contributed by atoms with van der Waals surface area (Å²) in [5, 5.41) is 20.6. The number of piperidine rings is 1. The van der Waals surface area contributed by atoms with E-state index in [4.69, 9.17) is 4.74 Å². The average molecular weight is 264 g/mol. The molecule has 0 radical (unpaired) electrons. The predicted octanol–water partition coefficient (Wildman–Crippen LogP) is -0.436. The van der Waals surface area contributed by atoms with Crippen molar-refractivity contribution in [1.82, 2.24) is 0 Å². The molecular formula is C14H18NO4+. The Morgan fingerprint density at radius 2 is 2.21 bits per heavy atom. The van der Waals surface area contributed by atoms with Gasteiger partial charge in [-0.15, -0.1) is 0 Å². The fraction of sp³-hybridized carbons (Fsp3) is 0.500. The molecule has 2 aliphatic heterocycles. The molecule has 0 aliphatic carbocycles. The number of fused-ring (bicyclic) bond motifs is 2. The fourth-order valence-corrected chi connectivity index (χ4v) is 3.23. The zero-order valence-electron chi connectivity index (χ0n) is 10.8. The first kappa shape index (κ1) is 12.4. The minimum atomic E-state index is -0.695. The molecule has 5 nitrogen and oxygen atoms in total. The lowest BCUT2D eigenvalue weighted by Crippen LogP contribution is -3.17.